The van der Waals surface area contributed by atoms with E-state index < -0.39 is 5.91 Å². The first-order chi connectivity index (χ1) is 14.2. The van der Waals surface area contributed by atoms with Gasteiger partial charge in [-0.25, -0.2) is 9.97 Å². The van der Waals surface area contributed by atoms with Crippen LogP contribution in [0.15, 0.2) is 12.4 Å². The van der Waals surface area contributed by atoms with Gasteiger partial charge in [0.15, 0.2) is 23.1 Å². The molecule has 1 saturated carbocycles. The molecular weight excluding hydrogens is 380 g/mol. The van der Waals surface area contributed by atoms with Gasteiger partial charge < -0.3 is 21.4 Å². The van der Waals surface area contributed by atoms with E-state index in [1.54, 1.807) is 0 Å². The van der Waals surface area contributed by atoms with Crippen molar-refractivity contribution in [3.63, 3.8) is 0 Å². The molecule has 0 aromatic carbocycles. The maximum atomic E-state index is 12.7. The van der Waals surface area contributed by atoms with Gasteiger partial charge in [0.25, 0.3) is 5.91 Å². The number of aryl methyl sites for hydroxylation is 1. The number of nitrogens with one attached hydrogen (secondary N) is 1. The normalized spacial score (nSPS) is 23.1. The second-order valence-electron chi connectivity index (χ2n) is 9.43. The molecule has 1 amide bonds. The second-order valence-corrected chi connectivity index (χ2v) is 9.43. The summed E-state index contributed by atoms with van der Waals surface area (Å²) >= 11 is 0. The summed E-state index contributed by atoms with van der Waals surface area (Å²) in [5.41, 5.74) is 14.4. The predicted octanol–water partition coefficient (Wildman–Crippen LogP) is 2.51. The first-order valence-corrected chi connectivity index (χ1v) is 10.6. The maximum Gasteiger partial charge on any atom is 0.271 e. The Labute approximate surface area is 176 Å². The van der Waals surface area contributed by atoms with Crippen molar-refractivity contribution in [2.24, 2.45) is 16.9 Å². The van der Waals surface area contributed by atoms with E-state index in [0.29, 0.717) is 18.1 Å². The number of carbonyl (C=O) groups excluding carboxylic acids is 2. The van der Waals surface area contributed by atoms with Crippen LogP contribution in [0, 0.1) is 12.3 Å². The van der Waals surface area contributed by atoms with Crippen LogP contribution < -0.4 is 16.8 Å². The lowest BCUT2D eigenvalue weighted by molar-refractivity contribution is 0.0909. The molecule has 8 nitrogen and oxygen atoms in total. The van der Waals surface area contributed by atoms with Crippen molar-refractivity contribution in [2.75, 3.05) is 5.32 Å². The van der Waals surface area contributed by atoms with Gasteiger partial charge in [0.1, 0.15) is 0 Å². The molecule has 0 aliphatic heterocycles. The summed E-state index contributed by atoms with van der Waals surface area (Å²) < 4.78 is 1.92. The number of anilines is 1. The lowest BCUT2D eigenvalue weighted by Gasteiger charge is -2.30. The van der Waals surface area contributed by atoms with Crippen molar-refractivity contribution in [3.8, 4) is 5.82 Å². The van der Waals surface area contributed by atoms with E-state index in [-0.39, 0.29) is 29.0 Å². The van der Waals surface area contributed by atoms with Crippen LogP contribution in [0.25, 0.3) is 5.82 Å². The Balaban J connectivity index is 1.77. The maximum absolute atomic E-state index is 12.7. The Bertz CT molecular complexity index is 1010. The molecule has 5 N–H and O–H groups in total. The summed E-state index contributed by atoms with van der Waals surface area (Å²) in [4.78, 5) is 33.7. The van der Waals surface area contributed by atoms with Crippen molar-refractivity contribution in [1.29, 1.82) is 0 Å². The van der Waals surface area contributed by atoms with Crippen LogP contribution in [0.5, 0.6) is 0 Å². The molecule has 30 heavy (non-hydrogen) atoms. The van der Waals surface area contributed by atoms with Crippen LogP contribution in [0.4, 0.5) is 5.82 Å². The fourth-order valence-corrected chi connectivity index (χ4v) is 4.77. The van der Waals surface area contributed by atoms with Crippen molar-refractivity contribution < 1.29 is 9.59 Å². The molecule has 2 unspecified atom stereocenters. The monoisotopic (exact) mass is 410 g/mol. The number of carbonyl (C=O) groups is 2. The lowest BCUT2D eigenvalue weighted by Crippen LogP contribution is -2.43. The molecular formula is C22H30N6O2. The summed E-state index contributed by atoms with van der Waals surface area (Å²) in [6.45, 7) is 6.14. The number of aromatic nitrogens is 3. The number of hydrogen-bond donors (Lipinski definition) is 3. The molecule has 2 aliphatic rings. The smallest absolute Gasteiger partial charge is 0.271 e. The average molecular weight is 411 g/mol. The van der Waals surface area contributed by atoms with Gasteiger partial charge in [0.05, 0.1) is 6.20 Å². The van der Waals surface area contributed by atoms with Gasteiger partial charge in [0, 0.05) is 36.0 Å². The Hall–Kier alpha value is -2.74. The molecule has 4 rings (SSSR count). The molecule has 160 valence electrons. The summed E-state index contributed by atoms with van der Waals surface area (Å²) in [6.07, 6.45) is 8.77. The van der Waals surface area contributed by atoms with Gasteiger partial charge >= 0.3 is 0 Å². The zero-order chi connectivity index (χ0) is 21.6. The first kappa shape index (κ1) is 20.5. The van der Waals surface area contributed by atoms with Crippen LogP contribution in [0.2, 0.25) is 0 Å². The molecule has 0 spiro atoms. The van der Waals surface area contributed by atoms with E-state index in [4.69, 9.17) is 16.5 Å². The highest BCUT2D eigenvalue weighted by molar-refractivity contribution is 6.00. The van der Waals surface area contributed by atoms with Crippen molar-refractivity contribution in [1.82, 2.24) is 14.5 Å². The molecule has 2 aromatic rings. The largest absolute Gasteiger partial charge is 0.364 e. The molecule has 0 bridgehead atoms. The third kappa shape index (κ3) is 3.71. The van der Waals surface area contributed by atoms with Crippen LogP contribution >= 0.6 is 0 Å². The van der Waals surface area contributed by atoms with Gasteiger partial charge in [0.2, 0.25) is 0 Å². The highest BCUT2D eigenvalue weighted by atomic mass is 16.1. The van der Waals surface area contributed by atoms with Gasteiger partial charge in [-0.15, -0.1) is 0 Å². The van der Waals surface area contributed by atoms with E-state index in [2.05, 4.69) is 24.1 Å². The van der Waals surface area contributed by atoms with Crippen LogP contribution in [0.1, 0.15) is 78.1 Å². The van der Waals surface area contributed by atoms with Crippen molar-refractivity contribution >= 4 is 17.5 Å². The predicted molar refractivity (Wildman–Crippen MR) is 115 cm³/mol. The van der Waals surface area contributed by atoms with E-state index in [1.807, 2.05) is 17.7 Å². The van der Waals surface area contributed by atoms with Crippen LogP contribution in [0.3, 0.4) is 0 Å². The van der Waals surface area contributed by atoms with E-state index in [9.17, 15) is 9.59 Å². The number of amides is 1. The van der Waals surface area contributed by atoms with Crippen molar-refractivity contribution in [2.45, 2.75) is 71.4 Å². The molecule has 2 atom stereocenters. The number of hydrogen-bond acceptors (Lipinski definition) is 6. The molecule has 2 heterocycles. The van der Waals surface area contributed by atoms with E-state index >= 15 is 0 Å². The minimum absolute atomic E-state index is 0.00932. The molecule has 1 fully saturated rings. The van der Waals surface area contributed by atoms with Crippen LogP contribution in [-0.2, 0) is 6.42 Å². The number of fused-ring (bicyclic) bond motifs is 1. The summed E-state index contributed by atoms with van der Waals surface area (Å²) in [6, 6.07) is 0.00663. The first-order valence-electron chi connectivity index (χ1n) is 10.6. The summed E-state index contributed by atoms with van der Waals surface area (Å²) in [7, 11) is 0. The molecule has 0 radical (unpaired) electrons. The number of primary amides is 1. The third-order valence-electron chi connectivity index (χ3n) is 6.24. The SMILES string of the molecule is Cc1cn(-c2cnc(C(N)=O)c(NC3CCCCC3N)n2)c2c1C(=O)CC(C)(C)C2. The second kappa shape index (κ2) is 7.50. The minimum Gasteiger partial charge on any atom is -0.364 e. The molecule has 2 aromatic heterocycles. The fourth-order valence-electron chi connectivity index (χ4n) is 4.77. The molecule has 8 heteroatoms. The average Bonchev–Trinajstić information content (AvgIpc) is 2.98. The Morgan fingerprint density at radius 2 is 2.00 bits per heavy atom. The van der Waals surface area contributed by atoms with Crippen LogP contribution in [-0.4, -0.2) is 38.3 Å². The summed E-state index contributed by atoms with van der Waals surface area (Å²) in [5.74, 6) is 0.430. The van der Waals surface area contributed by atoms with Gasteiger partial charge in [-0.2, -0.15) is 0 Å². The zero-order valence-electron chi connectivity index (χ0n) is 17.9. The Kier molecular flexibility index (Phi) is 5.13. The van der Waals surface area contributed by atoms with Gasteiger partial charge in [-0.3, -0.25) is 9.59 Å². The Morgan fingerprint density at radius 1 is 1.27 bits per heavy atom. The highest BCUT2D eigenvalue weighted by Crippen LogP contribution is 2.38. The number of rotatable bonds is 4. The standard InChI is InChI=1S/C22H30N6O2/c1-12-11-28(15-8-22(2,3)9-16(29)18(12)15)17-10-25-19(20(24)30)21(27-17)26-14-7-5-4-6-13(14)23/h10-11,13-14H,4-9,23H2,1-3H3,(H2,24,30)(H,26,27). The van der Waals surface area contributed by atoms with E-state index in [1.165, 1.54) is 6.20 Å². The number of Topliss-reactive ketones (excluding diaryl/α,β-unsaturated/α-hetero) is 1. The lowest BCUT2D eigenvalue weighted by atomic mass is 9.75. The molecule has 0 saturated heterocycles. The Morgan fingerprint density at radius 3 is 2.70 bits per heavy atom. The minimum atomic E-state index is -0.636. The zero-order valence-corrected chi connectivity index (χ0v) is 17.9. The topological polar surface area (TPSA) is 129 Å². The highest BCUT2D eigenvalue weighted by Gasteiger charge is 2.35. The number of nitrogens with zero attached hydrogens (tertiary/aromatic N) is 3. The summed E-state index contributed by atoms with van der Waals surface area (Å²) in [5, 5.41) is 3.32. The van der Waals surface area contributed by atoms with Gasteiger partial charge in [-0.05, 0) is 37.2 Å². The van der Waals surface area contributed by atoms with Gasteiger partial charge in [-0.1, -0.05) is 26.7 Å². The quantitative estimate of drug-likeness (QED) is 0.710. The van der Waals surface area contributed by atoms with E-state index in [0.717, 1.165) is 48.9 Å². The fraction of sp³-hybridized carbons (Fsp3) is 0.545. The third-order valence-corrected chi connectivity index (χ3v) is 6.24. The number of ketones is 1. The number of nitrogens with two attached hydrogens (primary N) is 2. The van der Waals surface area contributed by atoms with Crippen molar-refractivity contribution in [3.05, 3.63) is 34.9 Å². The molecule has 2 aliphatic carbocycles.